The molecule has 68 heavy (non-hydrogen) atoms. The molecule has 1 amide bonds. The summed E-state index contributed by atoms with van der Waals surface area (Å²) >= 11 is 0. The fourth-order valence-electron chi connectivity index (χ4n) is 7.79. The SMILES string of the molecule is Cc1cc(C)c(C)c(C(=O)c2c(OCc3ccccc3)cc(C(=O)OC3=CC=CN(Cc4ccccc4)C=C3NC(=O)c3ccc(OCc4ccccc4)cc3)cc2OCc2ccccc2)c1C. The van der Waals surface area contributed by atoms with Crippen molar-refractivity contribution in [2.45, 2.75) is 54.1 Å². The van der Waals surface area contributed by atoms with Crippen molar-refractivity contribution in [1.82, 2.24) is 10.2 Å². The average molecular weight is 901 g/mol. The number of ketones is 1. The number of amides is 1. The zero-order chi connectivity index (χ0) is 47.4. The van der Waals surface area contributed by atoms with Crippen LogP contribution >= 0.6 is 0 Å². The molecule has 0 radical (unpaired) electrons. The van der Waals surface area contributed by atoms with Gasteiger partial charge in [0.1, 0.15) is 48.3 Å². The topological polar surface area (TPSA) is 103 Å². The third-order valence-corrected chi connectivity index (χ3v) is 11.7. The molecule has 1 aliphatic heterocycles. The largest absolute Gasteiger partial charge is 0.489 e. The Kier molecular flexibility index (Phi) is 14.7. The molecule has 0 saturated heterocycles. The Morgan fingerprint density at radius 2 is 1.01 bits per heavy atom. The van der Waals surface area contributed by atoms with Crippen molar-refractivity contribution in [3.05, 3.63) is 267 Å². The minimum absolute atomic E-state index is 0.0635. The predicted molar refractivity (Wildman–Crippen MR) is 264 cm³/mol. The predicted octanol–water partition coefficient (Wildman–Crippen LogP) is 12.2. The second-order valence-corrected chi connectivity index (χ2v) is 16.6. The zero-order valence-electron chi connectivity index (χ0n) is 38.5. The molecule has 0 aliphatic carbocycles. The van der Waals surface area contributed by atoms with Gasteiger partial charge in [0.2, 0.25) is 5.78 Å². The van der Waals surface area contributed by atoms with E-state index in [0.29, 0.717) is 30.0 Å². The highest BCUT2D eigenvalue weighted by molar-refractivity contribution is 6.15. The maximum absolute atomic E-state index is 15.1. The van der Waals surface area contributed by atoms with Crippen molar-refractivity contribution in [3.63, 3.8) is 0 Å². The molecular weight excluding hydrogens is 849 g/mol. The van der Waals surface area contributed by atoms with Gasteiger partial charge in [-0.3, -0.25) is 9.59 Å². The van der Waals surface area contributed by atoms with Crippen LogP contribution in [0.2, 0.25) is 0 Å². The summed E-state index contributed by atoms with van der Waals surface area (Å²) in [7, 11) is 0. The maximum atomic E-state index is 15.1. The van der Waals surface area contributed by atoms with Gasteiger partial charge in [-0.15, -0.1) is 0 Å². The molecule has 8 rings (SSSR count). The summed E-state index contributed by atoms with van der Waals surface area (Å²) < 4.78 is 25.2. The standard InChI is InChI=1S/C59H52N2O7/c1-40-32-41(2)43(4)55(42(40)3)57(62)56-53(66-38-46-22-13-7-14-23-46)33-49(34-54(56)67-39-47-24-15-8-16-25-47)59(64)68-52-26-17-31-61(35-44-18-9-5-10-19-44)36-51(52)60-58(63)48-27-29-50(30-28-48)65-37-45-20-11-6-12-21-45/h5-34,36H,35,37-39H2,1-4H3,(H,60,63). The fourth-order valence-corrected chi connectivity index (χ4v) is 7.79. The van der Waals surface area contributed by atoms with Crippen molar-refractivity contribution >= 4 is 17.7 Å². The molecule has 340 valence electrons. The first kappa shape index (κ1) is 46.1. The summed E-state index contributed by atoms with van der Waals surface area (Å²) in [6.45, 7) is 8.91. The van der Waals surface area contributed by atoms with E-state index >= 15 is 4.79 Å². The zero-order valence-corrected chi connectivity index (χ0v) is 38.5. The highest BCUT2D eigenvalue weighted by Crippen LogP contribution is 2.37. The van der Waals surface area contributed by atoms with Crippen LogP contribution in [0.15, 0.2) is 200 Å². The van der Waals surface area contributed by atoms with Crippen molar-refractivity contribution in [3.8, 4) is 17.2 Å². The Bertz CT molecular complexity index is 2910. The molecule has 9 heteroatoms. The number of benzene rings is 7. The van der Waals surface area contributed by atoms with Crippen LogP contribution in [0.4, 0.5) is 0 Å². The van der Waals surface area contributed by atoms with Crippen LogP contribution in [0.25, 0.3) is 0 Å². The van der Waals surface area contributed by atoms with Crippen molar-refractivity contribution < 1.29 is 33.3 Å². The summed E-state index contributed by atoms with van der Waals surface area (Å²) in [6, 6.07) is 50.8. The van der Waals surface area contributed by atoms with E-state index in [0.717, 1.165) is 44.5 Å². The van der Waals surface area contributed by atoms with Crippen LogP contribution in [-0.2, 0) is 31.1 Å². The number of rotatable bonds is 17. The summed E-state index contributed by atoms with van der Waals surface area (Å²) in [6.07, 6.45) is 6.93. The number of aryl methyl sites for hydroxylation is 2. The third kappa shape index (κ3) is 11.5. The summed E-state index contributed by atoms with van der Waals surface area (Å²) in [4.78, 5) is 45.6. The second-order valence-electron chi connectivity index (χ2n) is 16.6. The van der Waals surface area contributed by atoms with Gasteiger partial charge in [0.05, 0.1) is 5.56 Å². The van der Waals surface area contributed by atoms with Gasteiger partial charge < -0.3 is 29.2 Å². The van der Waals surface area contributed by atoms with Crippen LogP contribution in [0.1, 0.15) is 81.1 Å². The van der Waals surface area contributed by atoms with E-state index in [4.69, 9.17) is 18.9 Å². The van der Waals surface area contributed by atoms with Gasteiger partial charge in [-0.25, -0.2) is 4.79 Å². The lowest BCUT2D eigenvalue weighted by molar-refractivity contribution is 0.0624. The Morgan fingerprint density at radius 3 is 1.53 bits per heavy atom. The highest BCUT2D eigenvalue weighted by atomic mass is 16.5. The van der Waals surface area contributed by atoms with Gasteiger partial charge in [-0.2, -0.15) is 0 Å². The lowest BCUT2D eigenvalue weighted by Gasteiger charge is -2.21. The van der Waals surface area contributed by atoms with Crippen LogP contribution < -0.4 is 19.5 Å². The lowest BCUT2D eigenvalue weighted by atomic mass is 9.88. The number of esters is 1. The fraction of sp³-hybridized carbons (Fsp3) is 0.136. The number of carbonyl (C=O) groups is 3. The number of nitrogens with zero attached hydrogens (tertiary/aromatic N) is 1. The first-order chi connectivity index (χ1) is 33.1. The lowest BCUT2D eigenvalue weighted by Crippen LogP contribution is -2.27. The quantitative estimate of drug-likeness (QED) is 0.0712. The Balaban J connectivity index is 1.14. The van der Waals surface area contributed by atoms with E-state index in [-0.39, 0.29) is 53.1 Å². The van der Waals surface area contributed by atoms with Crippen LogP contribution in [-0.4, -0.2) is 22.6 Å². The molecule has 1 aliphatic rings. The number of hydrogen-bond donors (Lipinski definition) is 1. The van der Waals surface area contributed by atoms with Gasteiger partial charge >= 0.3 is 5.97 Å². The molecular formula is C59H52N2O7. The number of carbonyl (C=O) groups excluding carboxylic acids is 3. The number of hydrogen-bond acceptors (Lipinski definition) is 8. The van der Waals surface area contributed by atoms with E-state index in [1.807, 2.05) is 160 Å². The van der Waals surface area contributed by atoms with E-state index in [1.165, 1.54) is 12.1 Å². The number of ether oxygens (including phenoxy) is 4. The smallest absolute Gasteiger partial charge is 0.343 e. The minimum atomic E-state index is -0.770. The van der Waals surface area contributed by atoms with Gasteiger partial charge in [0.25, 0.3) is 5.91 Å². The first-order valence-corrected chi connectivity index (χ1v) is 22.4. The third-order valence-electron chi connectivity index (χ3n) is 11.7. The molecule has 0 atom stereocenters. The van der Waals surface area contributed by atoms with E-state index in [9.17, 15) is 9.59 Å². The molecule has 7 aromatic carbocycles. The number of nitrogens with one attached hydrogen (secondary N) is 1. The molecule has 1 heterocycles. The Hall–Kier alpha value is -8.43. The van der Waals surface area contributed by atoms with Crippen LogP contribution in [0.5, 0.6) is 17.2 Å². The molecule has 7 aromatic rings. The summed E-state index contributed by atoms with van der Waals surface area (Å²) in [5.74, 6) is -0.500. The van der Waals surface area contributed by atoms with Crippen molar-refractivity contribution in [1.29, 1.82) is 0 Å². The maximum Gasteiger partial charge on any atom is 0.343 e. The van der Waals surface area contributed by atoms with E-state index < -0.39 is 11.9 Å². The molecule has 0 fully saturated rings. The summed E-state index contributed by atoms with van der Waals surface area (Å²) in [5, 5.41) is 3.00. The molecule has 9 nitrogen and oxygen atoms in total. The molecule has 0 aromatic heterocycles. The highest BCUT2D eigenvalue weighted by Gasteiger charge is 2.29. The van der Waals surface area contributed by atoms with Crippen molar-refractivity contribution in [2.75, 3.05) is 0 Å². The van der Waals surface area contributed by atoms with Crippen LogP contribution in [0.3, 0.4) is 0 Å². The number of allylic oxidation sites excluding steroid dienone is 2. The normalized spacial score (nSPS) is 12.0. The van der Waals surface area contributed by atoms with E-state index in [2.05, 4.69) is 11.4 Å². The van der Waals surface area contributed by atoms with Gasteiger partial charge in [0.15, 0.2) is 5.76 Å². The van der Waals surface area contributed by atoms with E-state index in [1.54, 1.807) is 42.6 Å². The molecule has 0 saturated carbocycles. The Labute approximate surface area is 397 Å². The minimum Gasteiger partial charge on any atom is -0.489 e. The molecule has 0 spiro atoms. The van der Waals surface area contributed by atoms with Crippen molar-refractivity contribution in [2.24, 2.45) is 0 Å². The summed E-state index contributed by atoms with van der Waals surface area (Å²) in [5.41, 5.74) is 8.80. The monoisotopic (exact) mass is 900 g/mol. The first-order valence-electron chi connectivity index (χ1n) is 22.4. The van der Waals surface area contributed by atoms with Gasteiger partial charge in [-0.1, -0.05) is 127 Å². The molecule has 0 bridgehead atoms. The molecule has 1 N–H and O–H groups in total. The van der Waals surface area contributed by atoms with Gasteiger partial charge in [0, 0.05) is 30.1 Å². The van der Waals surface area contributed by atoms with Crippen LogP contribution in [0, 0.1) is 27.7 Å². The average Bonchev–Trinajstić information content (AvgIpc) is 3.55. The van der Waals surface area contributed by atoms with Gasteiger partial charge in [-0.05, 0) is 121 Å². The Morgan fingerprint density at radius 1 is 0.529 bits per heavy atom. The molecule has 0 unspecified atom stereocenters. The second kappa shape index (κ2) is 21.7.